The van der Waals surface area contributed by atoms with Gasteiger partial charge in [-0.3, -0.25) is 0 Å². The molecule has 308 valence electrons. The van der Waals surface area contributed by atoms with Crippen LogP contribution in [0.25, 0.3) is 0 Å². The molecule has 0 spiro atoms. The summed E-state index contributed by atoms with van der Waals surface area (Å²) in [5.74, 6) is 0.802. The van der Waals surface area contributed by atoms with E-state index in [9.17, 15) is 0 Å². The standard InChI is InChI=1S/C46H60O8S2Si/c1-31-38(40(49-29-33-19-13-10-14-20-33)42(44(48-7)51-31)55-36-21-15-11-16-22-36)53-45-43(56-37-23-17-12-18-24-37)41(50-30-34-25-27-35(47-6)28-26-34)39(32(2)52-45)54-57(8,9)46(3,4)5/h10-28,31-32,38-45H,29-30H2,1-9H3/t31-,32-,38-,39-,40+,41+,42-,43-,44-,45+/m1/s1. The lowest BCUT2D eigenvalue weighted by Gasteiger charge is -2.51. The van der Waals surface area contributed by atoms with Gasteiger partial charge >= 0.3 is 0 Å². The highest BCUT2D eigenvalue weighted by molar-refractivity contribution is 8.00. The predicted molar refractivity (Wildman–Crippen MR) is 231 cm³/mol. The lowest BCUT2D eigenvalue weighted by atomic mass is 9.99. The molecule has 6 rings (SSSR count). The number of hydrogen-bond acceptors (Lipinski definition) is 10. The Balaban J connectivity index is 1.38. The molecular weight excluding hydrogens is 773 g/mol. The van der Waals surface area contributed by atoms with Crippen molar-refractivity contribution in [3.63, 3.8) is 0 Å². The van der Waals surface area contributed by atoms with Crippen LogP contribution >= 0.6 is 23.5 Å². The molecule has 4 aromatic rings. The predicted octanol–water partition coefficient (Wildman–Crippen LogP) is 10.4. The fraction of sp³-hybridized carbons (Fsp3) is 0.478. The van der Waals surface area contributed by atoms with Crippen LogP contribution < -0.4 is 4.74 Å². The molecule has 0 unspecified atom stereocenters. The number of hydrogen-bond donors (Lipinski definition) is 0. The van der Waals surface area contributed by atoms with Gasteiger partial charge in [-0.1, -0.05) is 99.6 Å². The number of rotatable bonds is 16. The van der Waals surface area contributed by atoms with Crippen molar-refractivity contribution >= 4 is 31.8 Å². The van der Waals surface area contributed by atoms with Crippen molar-refractivity contribution in [1.29, 1.82) is 0 Å². The summed E-state index contributed by atoms with van der Waals surface area (Å²) in [7, 11) is 1.08. The SMILES string of the molecule is COc1ccc(CO[C@H]2[C@H](O[Si](C)(C)C(C)(C)C)[C@@H](C)O[C@@H](O[C@H]3[C@H](OCc4ccccc4)[C@@H](Sc4ccccc4)[C@H](OC)O[C@@H]3C)[C@@H]2Sc2ccccc2)cc1. The highest BCUT2D eigenvalue weighted by Gasteiger charge is 2.54. The van der Waals surface area contributed by atoms with Crippen LogP contribution in [0.3, 0.4) is 0 Å². The quantitative estimate of drug-likeness (QED) is 0.102. The maximum absolute atomic E-state index is 7.32. The molecule has 0 aliphatic carbocycles. The van der Waals surface area contributed by atoms with Crippen LogP contribution in [0.4, 0.5) is 0 Å². The van der Waals surface area contributed by atoms with Gasteiger partial charge in [-0.2, -0.15) is 0 Å². The minimum atomic E-state index is -2.29. The van der Waals surface area contributed by atoms with Gasteiger partial charge in [0.1, 0.15) is 24.1 Å². The maximum Gasteiger partial charge on any atom is 0.192 e. The van der Waals surface area contributed by atoms with E-state index in [-0.39, 0.29) is 33.9 Å². The third kappa shape index (κ3) is 11.3. The van der Waals surface area contributed by atoms with E-state index in [4.69, 9.17) is 37.6 Å². The van der Waals surface area contributed by atoms with Gasteiger partial charge in [0.2, 0.25) is 0 Å². The van der Waals surface area contributed by atoms with Crippen LogP contribution in [0.2, 0.25) is 18.1 Å². The van der Waals surface area contributed by atoms with Crippen molar-refractivity contribution in [1.82, 2.24) is 0 Å². The molecule has 2 aliphatic heterocycles. The molecule has 57 heavy (non-hydrogen) atoms. The van der Waals surface area contributed by atoms with E-state index in [0.29, 0.717) is 13.2 Å². The molecule has 0 N–H and O–H groups in total. The first-order valence-electron chi connectivity index (χ1n) is 19.9. The maximum atomic E-state index is 7.32. The summed E-state index contributed by atoms with van der Waals surface area (Å²) in [6.07, 6.45) is -3.66. The van der Waals surface area contributed by atoms with Gasteiger partial charge in [-0.25, -0.2) is 0 Å². The zero-order chi connectivity index (χ0) is 40.6. The van der Waals surface area contributed by atoms with Gasteiger partial charge in [0.15, 0.2) is 20.9 Å². The topological polar surface area (TPSA) is 73.8 Å². The average molecular weight is 833 g/mol. The van der Waals surface area contributed by atoms with Crippen molar-refractivity contribution in [2.75, 3.05) is 14.2 Å². The summed E-state index contributed by atoms with van der Waals surface area (Å²) in [6.45, 7) is 16.3. The fourth-order valence-corrected chi connectivity index (χ4v) is 10.8. The van der Waals surface area contributed by atoms with Crippen molar-refractivity contribution < 1.29 is 37.6 Å². The van der Waals surface area contributed by atoms with Crippen LogP contribution in [-0.4, -0.2) is 82.2 Å². The summed E-state index contributed by atoms with van der Waals surface area (Å²) in [5, 5.41) is -0.594. The first-order chi connectivity index (χ1) is 27.4. The highest BCUT2D eigenvalue weighted by Crippen LogP contribution is 2.45. The molecule has 2 aliphatic rings. The number of thioether (sulfide) groups is 2. The zero-order valence-electron chi connectivity index (χ0n) is 34.7. The lowest BCUT2D eigenvalue weighted by Crippen LogP contribution is -2.64. The van der Waals surface area contributed by atoms with Gasteiger partial charge in [-0.15, -0.1) is 23.5 Å². The van der Waals surface area contributed by atoms with E-state index in [2.05, 4.69) is 89.3 Å². The van der Waals surface area contributed by atoms with Gasteiger partial charge in [0, 0.05) is 16.9 Å². The second-order valence-electron chi connectivity index (χ2n) is 16.3. The van der Waals surface area contributed by atoms with Crippen molar-refractivity contribution in [3.05, 3.63) is 126 Å². The molecule has 2 saturated heterocycles. The van der Waals surface area contributed by atoms with Crippen LogP contribution in [0.15, 0.2) is 125 Å². The van der Waals surface area contributed by atoms with Crippen molar-refractivity contribution in [2.45, 2.75) is 135 Å². The van der Waals surface area contributed by atoms with E-state index in [1.165, 1.54) is 0 Å². The molecule has 11 heteroatoms. The molecule has 2 fully saturated rings. The first kappa shape index (κ1) is 43.9. The van der Waals surface area contributed by atoms with Gasteiger partial charge in [-0.05, 0) is 79.5 Å². The van der Waals surface area contributed by atoms with Crippen LogP contribution in [-0.2, 0) is 46.1 Å². The molecule has 0 radical (unpaired) electrons. The first-order valence-corrected chi connectivity index (χ1v) is 24.5. The summed E-state index contributed by atoms with van der Waals surface area (Å²) < 4.78 is 53.7. The Morgan fingerprint density at radius 3 is 1.54 bits per heavy atom. The van der Waals surface area contributed by atoms with E-state index in [1.807, 2.05) is 73.7 Å². The summed E-state index contributed by atoms with van der Waals surface area (Å²) in [5.41, 5.74) is 2.11. The normalized spacial score (nSPS) is 28.2. The smallest absolute Gasteiger partial charge is 0.192 e. The molecule has 0 amide bonds. The largest absolute Gasteiger partial charge is 0.497 e. The molecule has 10 atom stereocenters. The molecule has 2 heterocycles. The van der Waals surface area contributed by atoms with Crippen molar-refractivity contribution in [3.8, 4) is 5.75 Å². The Morgan fingerprint density at radius 1 is 0.579 bits per heavy atom. The van der Waals surface area contributed by atoms with Crippen LogP contribution in [0.5, 0.6) is 5.75 Å². The Kier molecular flexibility index (Phi) is 15.4. The second kappa shape index (κ2) is 20.0. The zero-order valence-corrected chi connectivity index (χ0v) is 37.4. The number of methoxy groups -OCH3 is 2. The molecule has 0 aromatic heterocycles. The highest BCUT2D eigenvalue weighted by atomic mass is 32.2. The van der Waals surface area contributed by atoms with Gasteiger partial charge < -0.3 is 37.6 Å². The van der Waals surface area contributed by atoms with E-state index < -0.39 is 39.2 Å². The third-order valence-corrected chi connectivity index (χ3v) is 18.2. The summed E-state index contributed by atoms with van der Waals surface area (Å²) in [4.78, 5) is 2.17. The van der Waals surface area contributed by atoms with E-state index >= 15 is 0 Å². The second-order valence-corrected chi connectivity index (χ2v) is 23.5. The average Bonchev–Trinajstić information content (AvgIpc) is 3.20. The van der Waals surface area contributed by atoms with E-state index in [0.717, 1.165) is 26.7 Å². The molecule has 8 nitrogen and oxygen atoms in total. The van der Waals surface area contributed by atoms with Crippen LogP contribution in [0.1, 0.15) is 45.7 Å². The van der Waals surface area contributed by atoms with E-state index in [1.54, 1.807) is 37.7 Å². The third-order valence-electron chi connectivity index (χ3n) is 11.1. The molecule has 4 aromatic carbocycles. The Hall–Kier alpha value is -2.68. The fourth-order valence-electron chi connectivity index (χ4n) is 6.89. The Morgan fingerprint density at radius 2 is 1.04 bits per heavy atom. The molecular formula is C46H60O8S2Si. The lowest BCUT2D eigenvalue weighted by molar-refractivity contribution is -0.311. The number of ether oxygens (including phenoxy) is 7. The molecule has 0 bridgehead atoms. The van der Waals surface area contributed by atoms with Crippen molar-refractivity contribution in [2.24, 2.45) is 0 Å². The van der Waals surface area contributed by atoms with Gasteiger partial charge in [0.25, 0.3) is 0 Å². The summed E-state index contributed by atoms with van der Waals surface area (Å²) >= 11 is 3.38. The monoisotopic (exact) mass is 832 g/mol. The Bertz CT molecular complexity index is 1780. The summed E-state index contributed by atoms with van der Waals surface area (Å²) in [6, 6.07) is 39.0. The molecule has 0 saturated carbocycles. The Labute approximate surface area is 349 Å². The van der Waals surface area contributed by atoms with Gasteiger partial charge in [0.05, 0.1) is 49.1 Å². The number of benzene rings is 4. The minimum Gasteiger partial charge on any atom is -0.497 e. The minimum absolute atomic E-state index is 0.0236. The van der Waals surface area contributed by atoms with Crippen LogP contribution in [0, 0.1) is 0 Å².